The Hall–Kier alpha value is -0.120. The van der Waals surface area contributed by atoms with Crippen molar-refractivity contribution in [2.45, 2.75) is 32.0 Å². The minimum absolute atomic E-state index is 0.130. The smallest absolute Gasteiger partial charge is 0.130 e. The summed E-state index contributed by atoms with van der Waals surface area (Å²) in [5.41, 5.74) is 0. The van der Waals surface area contributed by atoms with E-state index in [0.29, 0.717) is 6.42 Å². The van der Waals surface area contributed by atoms with Crippen LogP contribution in [0.3, 0.4) is 0 Å². The lowest BCUT2D eigenvalue weighted by Crippen LogP contribution is -2.30. The van der Waals surface area contributed by atoms with Crippen LogP contribution >= 0.6 is 0 Å². The molecule has 2 N–H and O–H groups in total. The Labute approximate surface area is 48.5 Å². The molecule has 1 saturated heterocycles. The lowest BCUT2D eigenvalue weighted by molar-refractivity contribution is -0.190. The van der Waals surface area contributed by atoms with Crippen molar-refractivity contribution < 1.29 is 10.3 Å². The maximum Gasteiger partial charge on any atom is 0.130 e. The molecule has 1 rings (SSSR count). The van der Waals surface area contributed by atoms with Crippen molar-refractivity contribution in [3.8, 4) is 0 Å². The topological polar surface area (TPSA) is 43.7 Å². The van der Waals surface area contributed by atoms with Gasteiger partial charge < -0.3 is 10.3 Å². The summed E-state index contributed by atoms with van der Waals surface area (Å²) < 4.78 is 0. The van der Waals surface area contributed by atoms with Crippen LogP contribution in [0.2, 0.25) is 0 Å². The predicted molar refractivity (Wildman–Crippen MR) is 28.3 cm³/mol. The summed E-state index contributed by atoms with van der Waals surface area (Å²) in [4.78, 5) is 0. The van der Waals surface area contributed by atoms with Gasteiger partial charge in [-0.2, -0.15) is 5.06 Å². The Morgan fingerprint density at radius 3 is 2.25 bits per heavy atom. The zero-order valence-electron chi connectivity index (χ0n) is 4.91. The van der Waals surface area contributed by atoms with E-state index in [4.69, 9.17) is 10.3 Å². The average molecular weight is 117 g/mol. The van der Waals surface area contributed by atoms with Crippen molar-refractivity contribution >= 4 is 0 Å². The van der Waals surface area contributed by atoms with Gasteiger partial charge in [-0.15, -0.1) is 0 Å². The van der Waals surface area contributed by atoms with Crippen LogP contribution in [0.5, 0.6) is 0 Å². The van der Waals surface area contributed by atoms with Gasteiger partial charge in [0.15, 0.2) is 0 Å². The molecule has 0 aromatic rings. The molecule has 0 bridgehead atoms. The van der Waals surface area contributed by atoms with Gasteiger partial charge in [0.25, 0.3) is 0 Å². The zero-order valence-corrected chi connectivity index (χ0v) is 4.91. The summed E-state index contributed by atoms with van der Waals surface area (Å²) in [5, 5.41) is 18.7. The summed E-state index contributed by atoms with van der Waals surface area (Å²) in [6.07, 6.45) is 0.958. The van der Waals surface area contributed by atoms with Gasteiger partial charge in [-0.25, -0.2) is 0 Å². The average Bonchev–Trinajstić information content (AvgIpc) is 1.98. The summed E-state index contributed by atoms with van der Waals surface area (Å²) in [7, 11) is 0. The fraction of sp³-hybridized carbons (Fsp3) is 1.00. The Morgan fingerprint density at radius 1 is 1.50 bits per heavy atom. The highest BCUT2D eigenvalue weighted by atomic mass is 16.5. The first-order valence-electron chi connectivity index (χ1n) is 2.87. The van der Waals surface area contributed by atoms with Crippen LogP contribution in [0.4, 0.5) is 0 Å². The van der Waals surface area contributed by atoms with Crippen molar-refractivity contribution in [3.05, 3.63) is 0 Å². The van der Waals surface area contributed by atoms with E-state index in [9.17, 15) is 0 Å². The van der Waals surface area contributed by atoms with Crippen molar-refractivity contribution in [1.29, 1.82) is 0 Å². The van der Waals surface area contributed by atoms with Gasteiger partial charge in [0, 0.05) is 6.04 Å². The third-order valence-electron chi connectivity index (χ3n) is 1.60. The Kier molecular flexibility index (Phi) is 1.51. The summed E-state index contributed by atoms with van der Waals surface area (Å²) in [6, 6.07) is 0.130. The van der Waals surface area contributed by atoms with Gasteiger partial charge in [0.2, 0.25) is 0 Å². The van der Waals surface area contributed by atoms with E-state index >= 15 is 0 Å². The molecular weight excluding hydrogens is 106 g/mol. The van der Waals surface area contributed by atoms with E-state index in [-0.39, 0.29) is 6.04 Å². The molecule has 3 nitrogen and oxygen atoms in total. The number of aliphatic hydroxyl groups is 1. The van der Waals surface area contributed by atoms with Crippen molar-refractivity contribution in [2.24, 2.45) is 0 Å². The fourth-order valence-electron chi connectivity index (χ4n) is 0.949. The molecule has 1 fully saturated rings. The lowest BCUT2D eigenvalue weighted by Gasteiger charge is -2.15. The monoisotopic (exact) mass is 117 g/mol. The van der Waals surface area contributed by atoms with Crippen LogP contribution in [0.15, 0.2) is 0 Å². The highest BCUT2D eigenvalue weighted by molar-refractivity contribution is 4.70. The molecule has 0 aromatic carbocycles. The van der Waals surface area contributed by atoms with E-state index in [1.54, 1.807) is 0 Å². The number of hydroxylamine groups is 2. The molecule has 8 heavy (non-hydrogen) atoms. The van der Waals surface area contributed by atoms with Crippen molar-refractivity contribution in [3.63, 3.8) is 0 Å². The molecule has 3 heteroatoms. The molecule has 0 radical (unpaired) electrons. The molecule has 0 saturated carbocycles. The van der Waals surface area contributed by atoms with E-state index in [1.807, 2.05) is 6.92 Å². The fourth-order valence-corrected chi connectivity index (χ4v) is 0.949. The van der Waals surface area contributed by atoms with E-state index in [2.05, 4.69) is 0 Å². The Balaban J connectivity index is 2.44. The maximum absolute atomic E-state index is 8.85. The van der Waals surface area contributed by atoms with Gasteiger partial charge in [-0.3, -0.25) is 0 Å². The van der Waals surface area contributed by atoms with Crippen LogP contribution < -0.4 is 0 Å². The van der Waals surface area contributed by atoms with Crippen LogP contribution in [0.25, 0.3) is 0 Å². The largest absolute Gasteiger partial charge is 0.376 e. The molecule has 0 aliphatic carbocycles. The van der Waals surface area contributed by atoms with Gasteiger partial charge in [-0.1, -0.05) is 0 Å². The molecule has 2 atom stereocenters. The molecule has 1 heterocycles. The number of hydrogen-bond donors (Lipinski definition) is 2. The van der Waals surface area contributed by atoms with Crippen LogP contribution in [-0.4, -0.2) is 27.6 Å². The minimum atomic E-state index is -0.620. The van der Waals surface area contributed by atoms with Crippen LogP contribution in [-0.2, 0) is 0 Å². The molecule has 0 spiro atoms. The number of nitrogens with zero attached hydrogens (tertiary/aromatic N) is 1. The third kappa shape index (κ3) is 0.844. The predicted octanol–water partition coefficient (Wildman–Crippen LogP) is 0.178. The highest BCUT2D eigenvalue weighted by Crippen LogP contribution is 2.18. The third-order valence-corrected chi connectivity index (χ3v) is 1.60. The molecule has 1 aliphatic rings. The van der Waals surface area contributed by atoms with Crippen LogP contribution in [0.1, 0.15) is 19.8 Å². The van der Waals surface area contributed by atoms with Gasteiger partial charge in [0.1, 0.15) is 6.23 Å². The molecule has 2 unspecified atom stereocenters. The Morgan fingerprint density at radius 2 is 2.12 bits per heavy atom. The normalized spacial score (nSPS) is 40.9. The quantitative estimate of drug-likeness (QED) is 0.475. The first-order valence-corrected chi connectivity index (χ1v) is 2.87. The zero-order chi connectivity index (χ0) is 6.15. The molecular formula is C5H11NO2. The SMILES string of the molecule is CC1CCC(O)N1O. The molecule has 0 amide bonds. The summed E-state index contributed by atoms with van der Waals surface area (Å²) in [5.74, 6) is 0. The minimum Gasteiger partial charge on any atom is -0.376 e. The van der Waals surface area contributed by atoms with Crippen molar-refractivity contribution in [1.82, 2.24) is 5.06 Å². The number of rotatable bonds is 0. The van der Waals surface area contributed by atoms with E-state index in [0.717, 1.165) is 11.5 Å². The summed E-state index contributed by atoms with van der Waals surface area (Å²) in [6.45, 7) is 1.89. The van der Waals surface area contributed by atoms with Crippen molar-refractivity contribution in [2.75, 3.05) is 0 Å². The van der Waals surface area contributed by atoms with Gasteiger partial charge in [0.05, 0.1) is 0 Å². The standard InChI is InChI=1S/C5H11NO2/c1-4-2-3-5(7)6(4)8/h4-5,7-8H,2-3H2,1H3. The molecule has 1 aliphatic heterocycles. The maximum atomic E-state index is 8.85. The Bertz CT molecular complexity index is 76.5. The number of aliphatic hydroxyl groups excluding tert-OH is 1. The number of hydrogen-bond acceptors (Lipinski definition) is 3. The lowest BCUT2D eigenvalue weighted by atomic mass is 10.2. The molecule has 48 valence electrons. The second-order valence-electron chi connectivity index (χ2n) is 2.29. The second-order valence-corrected chi connectivity index (χ2v) is 2.29. The molecule has 0 aromatic heterocycles. The van der Waals surface area contributed by atoms with E-state index in [1.165, 1.54) is 0 Å². The summed E-state index contributed by atoms with van der Waals surface area (Å²) >= 11 is 0. The van der Waals surface area contributed by atoms with Gasteiger partial charge >= 0.3 is 0 Å². The second kappa shape index (κ2) is 2.01. The van der Waals surface area contributed by atoms with E-state index < -0.39 is 6.23 Å². The highest BCUT2D eigenvalue weighted by Gasteiger charge is 2.26. The van der Waals surface area contributed by atoms with Gasteiger partial charge in [-0.05, 0) is 19.8 Å². The first-order chi connectivity index (χ1) is 3.72. The van der Waals surface area contributed by atoms with Crippen LogP contribution in [0, 0.1) is 0 Å². The first kappa shape index (κ1) is 6.01.